The lowest BCUT2D eigenvalue weighted by atomic mass is 10.3. The number of hydrogen-bond acceptors (Lipinski definition) is 4. The van der Waals surface area contributed by atoms with E-state index in [9.17, 15) is 18.0 Å². The third kappa shape index (κ3) is 2.45. The number of rotatable bonds is 2. The lowest BCUT2D eigenvalue weighted by molar-refractivity contribution is -0.134. The van der Waals surface area contributed by atoms with Crippen molar-refractivity contribution in [3.63, 3.8) is 0 Å². The summed E-state index contributed by atoms with van der Waals surface area (Å²) < 4.78 is 42.1. The Morgan fingerprint density at radius 2 is 2.18 bits per heavy atom. The largest absolute Gasteiger partial charge is 0.407 e. The third-order valence-corrected chi connectivity index (χ3v) is 2.16. The Bertz CT molecular complexity index is 600. The van der Waals surface area contributed by atoms with Gasteiger partial charge in [0.05, 0.1) is 12.7 Å². The molecule has 92 valence electrons. The molecule has 0 saturated heterocycles. The number of alkyl halides is 3. The van der Waals surface area contributed by atoms with E-state index in [4.69, 9.17) is 0 Å². The van der Waals surface area contributed by atoms with E-state index in [1.807, 2.05) is 0 Å². The summed E-state index contributed by atoms with van der Waals surface area (Å²) in [6.45, 7) is 0. The van der Waals surface area contributed by atoms with E-state index in [2.05, 4.69) is 14.4 Å². The smallest absolute Gasteiger partial charge is 0.389 e. The van der Waals surface area contributed by atoms with Gasteiger partial charge in [-0.2, -0.15) is 18.2 Å². The van der Waals surface area contributed by atoms with Gasteiger partial charge in [0.25, 0.3) is 0 Å². The number of aromatic nitrogens is 3. The maximum atomic E-state index is 12.0. The fraction of sp³-hybridized carbons (Fsp3) is 0.444. The number of nitrogens with zero attached hydrogens (tertiary/aromatic N) is 3. The molecule has 0 spiro atoms. The minimum absolute atomic E-state index is 0.0169. The normalized spacial score (nSPS) is 12.2. The van der Waals surface area contributed by atoms with E-state index >= 15 is 0 Å². The van der Waals surface area contributed by atoms with Gasteiger partial charge in [-0.15, -0.1) is 0 Å². The van der Waals surface area contributed by atoms with Crippen LogP contribution in [-0.4, -0.2) is 20.7 Å². The van der Waals surface area contributed by atoms with Crippen molar-refractivity contribution >= 4 is 11.2 Å². The van der Waals surface area contributed by atoms with Gasteiger partial charge in [0, 0.05) is 13.5 Å². The molecule has 2 rings (SSSR count). The van der Waals surface area contributed by atoms with Crippen LogP contribution in [0.4, 0.5) is 13.2 Å². The zero-order chi connectivity index (χ0) is 12.6. The summed E-state index contributed by atoms with van der Waals surface area (Å²) in [7, 11) is 1.59. The molecule has 0 atom stereocenters. The second kappa shape index (κ2) is 3.86. The van der Waals surface area contributed by atoms with Gasteiger partial charge in [-0.05, 0) is 0 Å². The molecule has 5 nitrogen and oxygen atoms in total. The molecule has 0 aromatic carbocycles. The van der Waals surface area contributed by atoms with Crippen molar-refractivity contribution in [3.8, 4) is 0 Å². The molecule has 0 aliphatic carbocycles. The Hall–Kier alpha value is -1.86. The molecule has 0 amide bonds. The van der Waals surface area contributed by atoms with Crippen molar-refractivity contribution in [2.24, 2.45) is 7.05 Å². The van der Waals surface area contributed by atoms with Crippen molar-refractivity contribution < 1.29 is 17.6 Å². The van der Waals surface area contributed by atoms with Crippen molar-refractivity contribution in [1.29, 1.82) is 0 Å². The molecule has 17 heavy (non-hydrogen) atoms. The second-order valence-electron chi connectivity index (χ2n) is 3.54. The van der Waals surface area contributed by atoms with Gasteiger partial charge in [0.1, 0.15) is 0 Å². The molecule has 2 aromatic rings. The molecule has 0 unspecified atom stereocenters. The molecule has 2 heterocycles. The number of fused-ring (bicyclic) bond motifs is 1. The quantitative estimate of drug-likeness (QED) is 0.805. The summed E-state index contributed by atoms with van der Waals surface area (Å²) in [4.78, 5) is 18.9. The molecule has 0 aliphatic rings. The molecule has 8 heteroatoms. The van der Waals surface area contributed by atoms with Crippen LogP contribution in [0.15, 0.2) is 15.5 Å². The van der Waals surface area contributed by atoms with E-state index in [-0.39, 0.29) is 17.1 Å². The Kier molecular flexibility index (Phi) is 2.64. The number of aryl methyl sites for hydroxylation is 2. The molecule has 0 saturated carbocycles. The lowest BCUT2D eigenvalue weighted by Gasteiger charge is -2.04. The summed E-state index contributed by atoms with van der Waals surface area (Å²) >= 11 is 0. The van der Waals surface area contributed by atoms with E-state index in [1.54, 1.807) is 7.05 Å². The van der Waals surface area contributed by atoms with E-state index < -0.39 is 24.6 Å². The first kappa shape index (κ1) is 11.6. The first-order valence-electron chi connectivity index (χ1n) is 4.74. The van der Waals surface area contributed by atoms with Crippen LogP contribution in [0.2, 0.25) is 0 Å². The van der Waals surface area contributed by atoms with Crippen LogP contribution >= 0.6 is 0 Å². The first-order valence-corrected chi connectivity index (χ1v) is 4.74. The van der Waals surface area contributed by atoms with Crippen LogP contribution in [0.1, 0.15) is 12.3 Å². The maximum Gasteiger partial charge on any atom is 0.389 e. The van der Waals surface area contributed by atoms with Crippen molar-refractivity contribution in [1.82, 2.24) is 14.5 Å². The van der Waals surface area contributed by atoms with Gasteiger partial charge < -0.3 is 8.98 Å². The monoisotopic (exact) mass is 247 g/mol. The van der Waals surface area contributed by atoms with Crippen LogP contribution in [0.3, 0.4) is 0 Å². The molecule has 0 aliphatic heterocycles. The topological polar surface area (TPSA) is 60.9 Å². The highest BCUT2D eigenvalue weighted by atomic mass is 19.4. The zero-order valence-electron chi connectivity index (χ0n) is 8.78. The van der Waals surface area contributed by atoms with Crippen molar-refractivity contribution in [2.45, 2.75) is 19.0 Å². The zero-order valence-corrected chi connectivity index (χ0v) is 8.78. The third-order valence-electron chi connectivity index (χ3n) is 2.16. The highest BCUT2D eigenvalue weighted by Crippen LogP contribution is 2.21. The SMILES string of the molecule is Cn1cnc2c(=O)oc(CCC(F)(F)F)nc21. The lowest BCUT2D eigenvalue weighted by Crippen LogP contribution is -2.12. The van der Waals surface area contributed by atoms with Crippen molar-refractivity contribution in [3.05, 3.63) is 22.6 Å². The van der Waals surface area contributed by atoms with Gasteiger partial charge in [0.15, 0.2) is 11.2 Å². The van der Waals surface area contributed by atoms with Crippen molar-refractivity contribution in [2.75, 3.05) is 0 Å². The van der Waals surface area contributed by atoms with Gasteiger partial charge in [0.2, 0.25) is 5.89 Å². The molecular weight excluding hydrogens is 239 g/mol. The summed E-state index contributed by atoms with van der Waals surface area (Å²) in [6, 6.07) is 0. The molecule has 0 bridgehead atoms. The molecule has 0 radical (unpaired) electrons. The molecule has 0 fully saturated rings. The predicted octanol–water partition coefficient (Wildman–Crippen LogP) is 1.42. The van der Waals surface area contributed by atoms with E-state index in [1.165, 1.54) is 10.9 Å². The van der Waals surface area contributed by atoms with Gasteiger partial charge >= 0.3 is 11.8 Å². The van der Waals surface area contributed by atoms with Crippen LogP contribution in [0.5, 0.6) is 0 Å². The predicted molar refractivity (Wildman–Crippen MR) is 51.4 cm³/mol. The standard InChI is InChI=1S/C9H8F3N3O2/c1-15-4-13-6-7(15)14-5(17-8(6)16)2-3-9(10,11)12/h4H,2-3H2,1H3. The number of halogens is 3. The van der Waals surface area contributed by atoms with Crippen LogP contribution < -0.4 is 5.63 Å². The number of imidazole rings is 1. The Morgan fingerprint density at radius 3 is 2.82 bits per heavy atom. The summed E-state index contributed by atoms with van der Waals surface area (Å²) in [5, 5.41) is 0. The number of hydrogen-bond donors (Lipinski definition) is 0. The van der Waals surface area contributed by atoms with Gasteiger partial charge in [-0.3, -0.25) is 0 Å². The van der Waals surface area contributed by atoms with Crippen LogP contribution in [0, 0.1) is 0 Å². The van der Waals surface area contributed by atoms with Crippen LogP contribution in [0.25, 0.3) is 11.2 Å². The average molecular weight is 247 g/mol. The minimum Gasteiger partial charge on any atom is -0.407 e. The highest BCUT2D eigenvalue weighted by Gasteiger charge is 2.27. The second-order valence-corrected chi connectivity index (χ2v) is 3.54. The first-order chi connectivity index (χ1) is 7.87. The fourth-order valence-electron chi connectivity index (χ4n) is 1.35. The highest BCUT2D eigenvalue weighted by molar-refractivity contribution is 5.68. The summed E-state index contributed by atoms with van der Waals surface area (Å²) in [6.07, 6.45) is -4.49. The summed E-state index contributed by atoms with van der Waals surface area (Å²) in [5.41, 5.74) is -0.533. The molecular formula is C9H8F3N3O2. The Labute approximate surface area is 92.9 Å². The van der Waals surface area contributed by atoms with E-state index in [0.717, 1.165) is 0 Å². The van der Waals surface area contributed by atoms with Crippen LogP contribution in [-0.2, 0) is 13.5 Å². The summed E-state index contributed by atoms with van der Waals surface area (Å²) in [5.74, 6) is -0.233. The Balaban J connectivity index is 2.36. The average Bonchev–Trinajstić information content (AvgIpc) is 2.57. The van der Waals surface area contributed by atoms with Gasteiger partial charge in [-0.1, -0.05) is 0 Å². The molecule has 2 aromatic heterocycles. The Morgan fingerprint density at radius 1 is 1.47 bits per heavy atom. The fourth-order valence-corrected chi connectivity index (χ4v) is 1.35. The molecule has 0 N–H and O–H groups in total. The minimum atomic E-state index is -4.30. The van der Waals surface area contributed by atoms with E-state index in [0.29, 0.717) is 0 Å². The maximum absolute atomic E-state index is 12.0. The van der Waals surface area contributed by atoms with Gasteiger partial charge in [-0.25, -0.2) is 9.78 Å².